The van der Waals surface area contributed by atoms with Crippen LogP contribution in [-0.2, 0) is 0 Å². The molecule has 0 amide bonds. The molecule has 0 radical (unpaired) electrons. The van der Waals surface area contributed by atoms with E-state index < -0.39 is 11.7 Å². The molecule has 0 unspecified atom stereocenters. The van der Waals surface area contributed by atoms with Crippen LogP contribution in [0.5, 0.6) is 0 Å². The van der Waals surface area contributed by atoms with E-state index >= 15 is 0 Å². The lowest BCUT2D eigenvalue weighted by Gasteiger charge is -2.14. The fourth-order valence-corrected chi connectivity index (χ4v) is 1.11. The number of nitrogens with zero attached hydrogens (tertiary/aromatic N) is 2. The summed E-state index contributed by atoms with van der Waals surface area (Å²) in [6, 6.07) is 1.62. The molecule has 0 bridgehead atoms. The molecule has 1 aromatic rings. The molecular formula is C10H15F2N3. The molecule has 0 aliphatic carbocycles. The average molecular weight is 215 g/mol. The van der Waals surface area contributed by atoms with E-state index in [1.54, 1.807) is 13.0 Å². The normalized spacial score (nSPS) is 11.5. The first-order valence-corrected chi connectivity index (χ1v) is 4.81. The van der Waals surface area contributed by atoms with Crippen molar-refractivity contribution in [2.45, 2.75) is 32.9 Å². The Kier molecular flexibility index (Phi) is 3.55. The van der Waals surface area contributed by atoms with Crippen molar-refractivity contribution in [3.8, 4) is 0 Å². The van der Waals surface area contributed by atoms with Crippen molar-refractivity contribution in [2.75, 3.05) is 11.9 Å². The molecule has 1 aromatic heterocycles. The van der Waals surface area contributed by atoms with Gasteiger partial charge in [-0.15, -0.1) is 0 Å². The van der Waals surface area contributed by atoms with Gasteiger partial charge >= 0.3 is 6.08 Å². The Hall–Kier alpha value is -1.26. The molecule has 1 heterocycles. The summed E-state index contributed by atoms with van der Waals surface area (Å²) in [5, 5.41) is 2.85. The number of anilines is 1. The molecule has 84 valence electrons. The Morgan fingerprint density at radius 2 is 2.07 bits per heavy atom. The van der Waals surface area contributed by atoms with Gasteiger partial charge in [-0.1, -0.05) is 0 Å². The fourth-order valence-electron chi connectivity index (χ4n) is 1.11. The van der Waals surface area contributed by atoms with Crippen LogP contribution in [0, 0.1) is 13.0 Å². The summed E-state index contributed by atoms with van der Waals surface area (Å²) in [5.41, 5.74) is -0.683. The molecular weight excluding hydrogens is 200 g/mol. The maximum absolute atomic E-state index is 13.1. The van der Waals surface area contributed by atoms with Gasteiger partial charge in [0.25, 0.3) is 0 Å². The van der Waals surface area contributed by atoms with Crippen LogP contribution in [0.2, 0.25) is 0 Å². The third-order valence-electron chi connectivity index (χ3n) is 1.85. The molecule has 15 heavy (non-hydrogen) atoms. The smallest absolute Gasteiger partial charge is 0.310 e. The molecule has 1 N–H and O–H groups in total. The van der Waals surface area contributed by atoms with Crippen molar-refractivity contribution >= 4 is 5.82 Å². The van der Waals surface area contributed by atoms with Gasteiger partial charge in [0.1, 0.15) is 11.5 Å². The van der Waals surface area contributed by atoms with Crippen molar-refractivity contribution in [3.63, 3.8) is 0 Å². The Morgan fingerprint density at radius 1 is 1.40 bits per heavy atom. The summed E-state index contributed by atoms with van der Waals surface area (Å²) in [7, 11) is 0. The lowest BCUT2D eigenvalue weighted by atomic mass is 10.1. The highest BCUT2D eigenvalue weighted by Gasteiger charge is 2.14. The van der Waals surface area contributed by atoms with E-state index in [1.165, 1.54) is 13.8 Å². The molecule has 0 aliphatic rings. The molecule has 0 aromatic carbocycles. The minimum Gasteiger partial charge on any atom is -0.370 e. The Morgan fingerprint density at radius 3 is 2.60 bits per heavy atom. The van der Waals surface area contributed by atoms with Gasteiger partial charge in [0.15, 0.2) is 0 Å². The number of halogens is 2. The van der Waals surface area contributed by atoms with E-state index in [0.717, 1.165) is 0 Å². The first-order chi connectivity index (χ1) is 6.87. The molecule has 0 spiro atoms. The number of aryl methyl sites for hydroxylation is 1. The molecule has 0 saturated heterocycles. The SMILES string of the molecule is Cc1cc(NCCC(C)(C)F)nc(F)n1. The standard InChI is InChI=1S/C10H15F2N3/c1-7-6-8(15-9(11)14-7)13-5-4-10(2,3)12/h6H,4-5H2,1-3H3,(H,13,14,15). The van der Waals surface area contributed by atoms with Crippen LogP contribution in [-0.4, -0.2) is 22.2 Å². The zero-order chi connectivity index (χ0) is 11.5. The first-order valence-electron chi connectivity index (χ1n) is 4.81. The highest BCUT2D eigenvalue weighted by molar-refractivity contribution is 5.34. The first kappa shape index (κ1) is 11.8. The highest BCUT2D eigenvalue weighted by atomic mass is 19.1. The van der Waals surface area contributed by atoms with Gasteiger partial charge in [0.05, 0.1) is 0 Å². The number of hydrogen-bond acceptors (Lipinski definition) is 3. The van der Waals surface area contributed by atoms with E-state index in [9.17, 15) is 8.78 Å². The second kappa shape index (κ2) is 4.51. The number of rotatable bonds is 4. The Balaban J connectivity index is 2.51. The topological polar surface area (TPSA) is 37.8 Å². The van der Waals surface area contributed by atoms with E-state index in [0.29, 0.717) is 24.5 Å². The third kappa shape index (κ3) is 4.67. The molecule has 0 fully saturated rings. The third-order valence-corrected chi connectivity index (χ3v) is 1.85. The van der Waals surface area contributed by atoms with Gasteiger partial charge < -0.3 is 5.32 Å². The summed E-state index contributed by atoms with van der Waals surface area (Å²) in [6.45, 7) is 5.09. The van der Waals surface area contributed by atoms with Crippen LogP contribution in [0.15, 0.2) is 6.07 Å². The Labute approximate surface area is 87.9 Å². The minimum atomic E-state index is -1.23. The molecule has 0 aliphatic heterocycles. The summed E-state index contributed by atoms with van der Waals surface area (Å²) >= 11 is 0. The van der Waals surface area contributed by atoms with Gasteiger partial charge in [-0.25, -0.2) is 9.37 Å². The fraction of sp³-hybridized carbons (Fsp3) is 0.600. The second-order valence-corrected chi connectivity index (χ2v) is 4.06. The largest absolute Gasteiger partial charge is 0.370 e. The Bertz CT molecular complexity index is 314. The summed E-state index contributed by atoms with van der Waals surface area (Å²) in [4.78, 5) is 7.04. The highest BCUT2D eigenvalue weighted by Crippen LogP contribution is 2.14. The molecule has 1 rings (SSSR count). The van der Waals surface area contributed by atoms with Crippen molar-refractivity contribution in [3.05, 3.63) is 17.8 Å². The maximum Gasteiger partial charge on any atom is 0.310 e. The lowest BCUT2D eigenvalue weighted by Crippen LogP contribution is -2.18. The monoisotopic (exact) mass is 215 g/mol. The average Bonchev–Trinajstić information content (AvgIpc) is 1.99. The molecule has 3 nitrogen and oxygen atoms in total. The van der Waals surface area contributed by atoms with Crippen molar-refractivity contribution in [1.82, 2.24) is 9.97 Å². The van der Waals surface area contributed by atoms with Gasteiger partial charge in [-0.3, -0.25) is 0 Å². The summed E-state index contributed by atoms with van der Waals surface area (Å²) < 4.78 is 25.9. The minimum absolute atomic E-state index is 0.345. The zero-order valence-electron chi connectivity index (χ0n) is 9.14. The van der Waals surface area contributed by atoms with Crippen LogP contribution < -0.4 is 5.32 Å². The number of alkyl halides is 1. The number of nitrogens with one attached hydrogen (secondary N) is 1. The van der Waals surface area contributed by atoms with E-state index in [1.807, 2.05) is 0 Å². The predicted octanol–water partition coefficient (Wildman–Crippen LogP) is 2.47. The summed E-state index contributed by atoms with van der Waals surface area (Å²) in [6.07, 6.45) is -0.422. The van der Waals surface area contributed by atoms with Crippen molar-refractivity contribution in [1.29, 1.82) is 0 Å². The molecule has 0 atom stereocenters. The molecule has 0 saturated carbocycles. The van der Waals surface area contributed by atoms with Crippen LogP contribution in [0.3, 0.4) is 0 Å². The van der Waals surface area contributed by atoms with Crippen molar-refractivity contribution < 1.29 is 8.78 Å². The quantitative estimate of drug-likeness (QED) is 0.784. The van der Waals surface area contributed by atoms with Gasteiger partial charge in [-0.05, 0) is 27.2 Å². The van der Waals surface area contributed by atoms with E-state index in [4.69, 9.17) is 0 Å². The summed E-state index contributed by atoms with van der Waals surface area (Å²) in [5.74, 6) is 0.393. The van der Waals surface area contributed by atoms with E-state index in [-0.39, 0.29) is 0 Å². The van der Waals surface area contributed by atoms with Crippen LogP contribution >= 0.6 is 0 Å². The number of hydrogen-bond donors (Lipinski definition) is 1. The van der Waals surface area contributed by atoms with Crippen LogP contribution in [0.4, 0.5) is 14.6 Å². The zero-order valence-corrected chi connectivity index (χ0v) is 9.14. The lowest BCUT2D eigenvalue weighted by molar-refractivity contribution is 0.207. The molecule has 5 heteroatoms. The van der Waals surface area contributed by atoms with Gasteiger partial charge in [0.2, 0.25) is 0 Å². The van der Waals surface area contributed by atoms with Gasteiger partial charge in [-0.2, -0.15) is 9.37 Å². The maximum atomic E-state index is 13.1. The van der Waals surface area contributed by atoms with Crippen LogP contribution in [0.25, 0.3) is 0 Å². The van der Waals surface area contributed by atoms with Crippen molar-refractivity contribution in [2.24, 2.45) is 0 Å². The van der Waals surface area contributed by atoms with E-state index in [2.05, 4.69) is 15.3 Å². The number of aromatic nitrogens is 2. The van der Waals surface area contributed by atoms with Crippen LogP contribution in [0.1, 0.15) is 26.0 Å². The van der Waals surface area contributed by atoms with Gasteiger partial charge in [0, 0.05) is 18.3 Å². The second-order valence-electron chi connectivity index (χ2n) is 4.06. The predicted molar refractivity (Wildman–Crippen MR) is 55.0 cm³/mol.